The van der Waals surface area contributed by atoms with Crippen LogP contribution in [0, 0.1) is 0 Å². The minimum absolute atomic E-state index is 0.410. The van der Waals surface area contributed by atoms with Crippen LogP contribution in [0.25, 0.3) is 55.6 Å². The summed E-state index contributed by atoms with van der Waals surface area (Å²) in [6, 6.07) is 69.7. The molecule has 0 aromatic heterocycles. The molecule has 0 aliphatic carbocycles. The van der Waals surface area contributed by atoms with Gasteiger partial charge in [0.1, 0.15) is 0 Å². The Labute approximate surface area is 336 Å². The first-order chi connectivity index (χ1) is 26.3. The molecule has 8 rings (SSSR count). The normalized spacial score (nSPS) is 10.3. The molecule has 8 aromatic rings. The van der Waals surface area contributed by atoms with Crippen molar-refractivity contribution in [3.63, 3.8) is 0 Å². The van der Waals surface area contributed by atoms with Gasteiger partial charge in [0.25, 0.3) is 0 Å². The molecule has 0 bridgehead atoms. The molecule has 54 heavy (non-hydrogen) atoms. The van der Waals surface area contributed by atoms with Crippen LogP contribution in [0.5, 0.6) is 0 Å². The van der Waals surface area contributed by atoms with Gasteiger partial charge < -0.3 is 10.0 Å². The monoisotopic (exact) mass is 804 g/mol. The van der Waals surface area contributed by atoms with E-state index in [0.717, 1.165) is 15.1 Å². The van der Waals surface area contributed by atoms with E-state index >= 15 is 0 Å². The number of rotatable bonds is 6. The molecule has 0 fully saturated rings. The summed E-state index contributed by atoms with van der Waals surface area (Å²) in [5.74, 6) is 0. The van der Waals surface area contributed by atoms with E-state index < -0.39 is 7.12 Å². The van der Waals surface area contributed by atoms with Gasteiger partial charge in [-0.25, -0.2) is 0 Å². The van der Waals surface area contributed by atoms with Crippen LogP contribution < -0.4 is 5.46 Å². The maximum atomic E-state index is 8.65. The van der Waals surface area contributed by atoms with Gasteiger partial charge in [0.15, 0.2) is 0 Å². The van der Waals surface area contributed by atoms with Crippen molar-refractivity contribution < 1.29 is 10.0 Å². The molecule has 0 heterocycles. The van der Waals surface area contributed by atoms with E-state index in [4.69, 9.17) is 33.2 Å². The maximum Gasteiger partial charge on any atom is 0.488 e. The largest absolute Gasteiger partial charge is 0.488 e. The zero-order valence-electron chi connectivity index (χ0n) is 29.2. The van der Waals surface area contributed by atoms with Gasteiger partial charge in [-0.05, 0) is 110 Å². The summed E-state index contributed by atoms with van der Waals surface area (Å²) in [7, 11) is -1.43. The van der Waals surface area contributed by atoms with Crippen molar-refractivity contribution in [2.45, 2.75) is 0 Å². The van der Waals surface area contributed by atoms with E-state index in [0.29, 0.717) is 10.5 Å². The van der Waals surface area contributed by atoms with Gasteiger partial charge >= 0.3 is 7.12 Å². The molecular weight excluding hydrogens is 770 g/mol. The predicted octanol–water partition coefficient (Wildman–Crippen LogP) is 13.1. The first-order valence-electron chi connectivity index (χ1n) is 17.4. The fourth-order valence-electron chi connectivity index (χ4n) is 5.85. The van der Waals surface area contributed by atoms with Crippen LogP contribution in [0.15, 0.2) is 211 Å². The van der Waals surface area contributed by atoms with Crippen molar-refractivity contribution in [1.29, 1.82) is 0 Å². The lowest BCUT2D eigenvalue weighted by Gasteiger charge is -2.08. The fourth-order valence-corrected chi connectivity index (χ4v) is 6.50. The molecule has 0 aliphatic rings. The van der Waals surface area contributed by atoms with Gasteiger partial charge in [0, 0.05) is 14.5 Å². The highest BCUT2D eigenvalue weighted by Crippen LogP contribution is 2.30. The van der Waals surface area contributed by atoms with E-state index in [1.54, 1.807) is 18.2 Å². The smallest absolute Gasteiger partial charge is 0.423 e. The Hall–Kier alpha value is -5.20. The van der Waals surface area contributed by atoms with E-state index in [-0.39, 0.29) is 0 Å². The molecule has 0 spiro atoms. The van der Waals surface area contributed by atoms with Crippen molar-refractivity contribution in [3.8, 4) is 55.6 Å². The Morgan fingerprint density at radius 2 is 0.630 bits per heavy atom. The molecule has 0 radical (unpaired) electrons. The number of benzene rings is 8. The first kappa shape index (κ1) is 38.5. The molecular formula is C48H36BBrCl2O2. The summed E-state index contributed by atoms with van der Waals surface area (Å²) in [5, 5.41) is 18.6. The zero-order valence-corrected chi connectivity index (χ0v) is 32.3. The third-order valence-corrected chi connectivity index (χ3v) is 9.64. The van der Waals surface area contributed by atoms with Crippen molar-refractivity contribution in [2.75, 3.05) is 0 Å². The Morgan fingerprint density at radius 1 is 0.315 bits per heavy atom. The zero-order chi connectivity index (χ0) is 37.7. The molecule has 0 unspecified atom stereocenters. The Kier molecular flexibility index (Phi) is 13.7. The van der Waals surface area contributed by atoms with Crippen LogP contribution in [0.2, 0.25) is 10.0 Å². The van der Waals surface area contributed by atoms with Crippen LogP contribution in [0.3, 0.4) is 0 Å². The van der Waals surface area contributed by atoms with Crippen molar-refractivity contribution in [1.82, 2.24) is 0 Å². The topological polar surface area (TPSA) is 40.5 Å². The van der Waals surface area contributed by atoms with Crippen molar-refractivity contribution >= 4 is 51.7 Å². The van der Waals surface area contributed by atoms with Gasteiger partial charge in [0.05, 0.1) is 0 Å². The van der Waals surface area contributed by atoms with E-state index in [1.165, 1.54) is 56.1 Å². The number of halogens is 3. The molecule has 0 aliphatic heterocycles. The van der Waals surface area contributed by atoms with Gasteiger partial charge in [-0.1, -0.05) is 197 Å². The van der Waals surface area contributed by atoms with Crippen LogP contribution in [0.1, 0.15) is 0 Å². The molecule has 2 N–H and O–H groups in total. The van der Waals surface area contributed by atoms with E-state index in [1.807, 2.05) is 30.3 Å². The second-order valence-electron chi connectivity index (χ2n) is 12.4. The molecule has 0 saturated heterocycles. The minimum Gasteiger partial charge on any atom is -0.423 e. The molecule has 2 nitrogen and oxygen atoms in total. The van der Waals surface area contributed by atoms with Crippen LogP contribution in [-0.2, 0) is 0 Å². The molecule has 8 aromatic carbocycles. The Bertz CT molecular complexity index is 2390. The highest BCUT2D eigenvalue weighted by atomic mass is 79.9. The van der Waals surface area contributed by atoms with Gasteiger partial charge in [0.2, 0.25) is 0 Å². The lowest BCUT2D eigenvalue weighted by Crippen LogP contribution is -2.29. The summed E-state index contributed by atoms with van der Waals surface area (Å²) in [6.07, 6.45) is 0. The van der Waals surface area contributed by atoms with Crippen LogP contribution in [0.4, 0.5) is 0 Å². The van der Waals surface area contributed by atoms with Crippen molar-refractivity contribution in [3.05, 3.63) is 221 Å². The second kappa shape index (κ2) is 19.2. The molecule has 0 atom stereocenters. The summed E-state index contributed by atoms with van der Waals surface area (Å²) < 4.78 is 1.11. The van der Waals surface area contributed by atoms with Gasteiger partial charge in [-0.3, -0.25) is 0 Å². The average molecular weight is 806 g/mol. The van der Waals surface area contributed by atoms with Gasteiger partial charge in [-0.2, -0.15) is 0 Å². The number of hydrogen-bond donors (Lipinski definition) is 2. The maximum absolute atomic E-state index is 8.65. The quantitative estimate of drug-likeness (QED) is 0.164. The lowest BCUT2D eigenvalue weighted by molar-refractivity contribution is 0.426. The predicted molar refractivity (Wildman–Crippen MR) is 234 cm³/mol. The van der Waals surface area contributed by atoms with E-state index in [9.17, 15) is 0 Å². The highest BCUT2D eigenvalue weighted by molar-refractivity contribution is 9.10. The summed E-state index contributed by atoms with van der Waals surface area (Å²) >= 11 is 15.1. The SMILES string of the molecule is Brc1ccc(-c2cccc(-c3ccccc3)c2)cc1.Clc1cccc(-c2ccc(-c3cccc(-c4ccccc4)c3)cc2)c1.OB(O)c1cccc(Cl)c1. The average Bonchev–Trinajstić information content (AvgIpc) is 3.22. The van der Waals surface area contributed by atoms with E-state index in [2.05, 4.69) is 168 Å². The Balaban J connectivity index is 0.000000151. The summed E-state index contributed by atoms with van der Waals surface area (Å²) in [6.45, 7) is 0. The molecule has 0 amide bonds. The van der Waals surface area contributed by atoms with Crippen LogP contribution in [-0.4, -0.2) is 17.2 Å². The number of hydrogen-bond acceptors (Lipinski definition) is 2. The van der Waals surface area contributed by atoms with Crippen molar-refractivity contribution in [2.24, 2.45) is 0 Å². The van der Waals surface area contributed by atoms with Crippen LogP contribution >= 0.6 is 39.1 Å². The standard InChI is InChI=1S/C24H17Cl.C18H13Br.C6H6BClO2/c25-24-11-5-10-23(17-24)20-14-12-19(13-15-20)22-9-4-8-21(16-22)18-6-2-1-3-7-18;19-18-11-9-15(10-12-18)17-8-4-7-16(13-17)14-5-2-1-3-6-14;8-6-3-1-2-5(4-6)7(9)10/h1-17H;1-13H;1-4,9-10H. The Morgan fingerprint density at radius 3 is 1.00 bits per heavy atom. The fraction of sp³-hybridized carbons (Fsp3) is 0. The third-order valence-electron chi connectivity index (χ3n) is 8.64. The highest BCUT2D eigenvalue weighted by Gasteiger charge is 2.09. The molecule has 6 heteroatoms. The lowest BCUT2D eigenvalue weighted by atomic mass is 9.81. The first-order valence-corrected chi connectivity index (χ1v) is 18.9. The second-order valence-corrected chi connectivity index (χ2v) is 14.2. The molecule has 264 valence electrons. The summed E-state index contributed by atoms with van der Waals surface area (Å²) in [4.78, 5) is 0. The third kappa shape index (κ3) is 10.9. The molecule has 0 saturated carbocycles. The summed E-state index contributed by atoms with van der Waals surface area (Å²) in [5.41, 5.74) is 12.6. The van der Waals surface area contributed by atoms with Gasteiger partial charge in [-0.15, -0.1) is 0 Å². The minimum atomic E-state index is -1.43.